The quantitative estimate of drug-likeness (QED) is 0.577. The van der Waals surface area contributed by atoms with E-state index in [-0.39, 0.29) is 24.3 Å². The van der Waals surface area contributed by atoms with Gasteiger partial charge in [0.15, 0.2) is 0 Å². The summed E-state index contributed by atoms with van der Waals surface area (Å²) in [5.41, 5.74) is 3.95. The monoisotopic (exact) mass is 391 g/mol. The van der Waals surface area contributed by atoms with Crippen molar-refractivity contribution in [3.05, 3.63) is 60.4 Å². The van der Waals surface area contributed by atoms with E-state index in [4.69, 9.17) is 0 Å². The summed E-state index contributed by atoms with van der Waals surface area (Å²) in [6.07, 6.45) is 3.97. The predicted molar refractivity (Wildman–Crippen MR) is 113 cm³/mol. The van der Waals surface area contributed by atoms with Crippen molar-refractivity contribution < 1.29 is 9.59 Å². The molecule has 1 atom stereocenters. The Morgan fingerprint density at radius 2 is 1.97 bits per heavy atom. The van der Waals surface area contributed by atoms with Gasteiger partial charge in [-0.2, -0.15) is 0 Å². The Hall–Kier alpha value is -3.19. The van der Waals surface area contributed by atoms with E-state index in [1.54, 1.807) is 0 Å². The number of aromatic nitrogens is 2. The fourth-order valence-corrected chi connectivity index (χ4v) is 3.58. The molecule has 3 N–H and O–H groups in total. The molecular formula is C22H25N5O2. The highest BCUT2D eigenvalue weighted by molar-refractivity contribution is 5.91. The summed E-state index contributed by atoms with van der Waals surface area (Å²) >= 11 is 0. The summed E-state index contributed by atoms with van der Waals surface area (Å²) in [7, 11) is 0. The highest BCUT2D eigenvalue weighted by Crippen LogP contribution is 2.16. The average molecular weight is 391 g/mol. The number of nitrogens with one attached hydrogen (secondary N) is 3. The van der Waals surface area contributed by atoms with Gasteiger partial charge in [-0.15, -0.1) is 0 Å². The minimum atomic E-state index is -0.113. The van der Waals surface area contributed by atoms with Crippen molar-refractivity contribution in [1.29, 1.82) is 0 Å². The van der Waals surface area contributed by atoms with Gasteiger partial charge in [0.2, 0.25) is 11.8 Å². The second kappa shape index (κ2) is 8.87. The van der Waals surface area contributed by atoms with E-state index in [1.165, 1.54) is 0 Å². The molecule has 1 saturated heterocycles. The fourth-order valence-electron chi connectivity index (χ4n) is 3.58. The zero-order chi connectivity index (χ0) is 20.1. The Balaban J connectivity index is 1.25. The molecule has 150 valence electrons. The fraction of sp³-hybridized carbons (Fsp3) is 0.318. The molecule has 2 aromatic carbocycles. The molecule has 2 heterocycles. The molecule has 1 aliphatic heterocycles. The van der Waals surface area contributed by atoms with E-state index < -0.39 is 0 Å². The van der Waals surface area contributed by atoms with Crippen LogP contribution in [0.25, 0.3) is 11.0 Å². The van der Waals surface area contributed by atoms with E-state index >= 15 is 0 Å². The highest BCUT2D eigenvalue weighted by Gasteiger charge is 2.21. The Bertz CT molecular complexity index is 990. The second-order valence-electron chi connectivity index (χ2n) is 7.30. The van der Waals surface area contributed by atoms with Crippen LogP contribution >= 0.6 is 0 Å². The molecule has 0 aliphatic carbocycles. The lowest BCUT2D eigenvalue weighted by Gasteiger charge is -2.11. The highest BCUT2D eigenvalue weighted by atomic mass is 16.2. The molecule has 0 radical (unpaired) electrons. The zero-order valence-electron chi connectivity index (χ0n) is 16.2. The molecule has 0 bridgehead atoms. The summed E-state index contributed by atoms with van der Waals surface area (Å²) in [5, 5.41) is 8.84. The topological polar surface area (TPSA) is 88.0 Å². The SMILES string of the molecule is O=C(CCNC(=O)C1CCCN1)Nc1ccc(Cn2cnc3ccccc32)cc1. The van der Waals surface area contributed by atoms with Gasteiger partial charge in [-0.05, 0) is 49.2 Å². The van der Waals surface area contributed by atoms with Crippen LogP contribution in [0.5, 0.6) is 0 Å². The van der Waals surface area contributed by atoms with Gasteiger partial charge < -0.3 is 20.5 Å². The summed E-state index contributed by atoms with van der Waals surface area (Å²) < 4.78 is 2.10. The van der Waals surface area contributed by atoms with Crippen LogP contribution in [0, 0.1) is 0 Å². The summed E-state index contributed by atoms with van der Waals surface area (Å²) in [5.74, 6) is -0.135. The van der Waals surface area contributed by atoms with Crippen LogP contribution in [-0.4, -0.2) is 40.5 Å². The first-order chi connectivity index (χ1) is 14.2. The van der Waals surface area contributed by atoms with Crippen LogP contribution in [0.3, 0.4) is 0 Å². The molecule has 0 spiro atoms. The molecule has 1 fully saturated rings. The van der Waals surface area contributed by atoms with E-state index in [0.29, 0.717) is 6.54 Å². The summed E-state index contributed by atoms with van der Waals surface area (Å²) in [6.45, 7) is 1.94. The maximum absolute atomic E-state index is 12.1. The third-order valence-corrected chi connectivity index (χ3v) is 5.15. The predicted octanol–water partition coefficient (Wildman–Crippen LogP) is 2.28. The molecule has 3 aromatic rings. The van der Waals surface area contributed by atoms with Crippen molar-refractivity contribution in [2.45, 2.75) is 31.8 Å². The molecule has 7 nitrogen and oxygen atoms in total. The van der Waals surface area contributed by atoms with E-state index in [9.17, 15) is 9.59 Å². The zero-order valence-corrected chi connectivity index (χ0v) is 16.2. The number of carbonyl (C=O) groups excluding carboxylic acids is 2. The molecular weight excluding hydrogens is 366 g/mol. The molecule has 2 amide bonds. The van der Waals surface area contributed by atoms with Crippen molar-refractivity contribution in [3.8, 4) is 0 Å². The molecule has 1 aliphatic rings. The number of hydrogen-bond donors (Lipinski definition) is 3. The van der Waals surface area contributed by atoms with Gasteiger partial charge >= 0.3 is 0 Å². The number of hydrogen-bond acceptors (Lipinski definition) is 4. The summed E-state index contributed by atoms with van der Waals surface area (Å²) in [6, 6.07) is 15.7. The smallest absolute Gasteiger partial charge is 0.237 e. The third kappa shape index (κ3) is 4.81. The van der Waals surface area contributed by atoms with Gasteiger partial charge in [0.1, 0.15) is 0 Å². The van der Waals surface area contributed by atoms with Crippen LogP contribution in [-0.2, 0) is 16.1 Å². The van der Waals surface area contributed by atoms with E-state index in [1.807, 2.05) is 48.8 Å². The molecule has 7 heteroatoms. The Labute approximate surface area is 169 Å². The minimum absolute atomic E-state index is 0.0216. The lowest BCUT2D eigenvalue weighted by Crippen LogP contribution is -2.41. The van der Waals surface area contributed by atoms with Gasteiger partial charge in [-0.3, -0.25) is 9.59 Å². The number of benzene rings is 2. The first kappa shape index (κ1) is 19.1. The number of fused-ring (bicyclic) bond motifs is 1. The van der Waals surface area contributed by atoms with Gasteiger partial charge in [0, 0.05) is 25.2 Å². The van der Waals surface area contributed by atoms with Crippen molar-refractivity contribution in [1.82, 2.24) is 20.2 Å². The number of imidazole rings is 1. The van der Waals surface area contributed by atoms with Crippen LogP contribution < -0.4 is 16.0 Å². The number of anilines is 1. The van der Waals surface area contributed by atoms with Crippen LogP contribution in [0.2, 0.25) is 0 Å². The first-order valence-electron chi connectivity index (χ1n) is 9.99. The van der Waals surface area contributed by atoms with E-state index in [0.717, 1.165) is 48.2 Å². The number of nitrogens with zero attached hydrogens (tertiary/aromatic N) is 2. The molecule has 0 saturated carbocycles. The number of carbonyl (C=O) groups is 2. The summed E-state index contributed by atoms with van der Waals surface area (Å²) in [4.78, 5) is 28.4. The van der Waals surface area contributed by atoms with E-state index in [2.05, 4.69) is 31.6 Å². The van der Waals surface area contributed by atoms with Crippen LogP contribution in [0.4, 0.5) is 5.69 Å². The Kier molecular flexibility index (Phi) is 5.86. The van der Waals surface area contributed by atoms with Gasteiger partial charge in [-0.1, -0.05) is 24.3 Å². The maximum atomic E-state index is 12.1. The van der Waals surface area contributed by atoms with Crippen molar-refractivity contribution in [2.75, 3.05) is 18.4 Å². The minimum Gasteiger partial charge on any atom is -0.354 e. The first-order valence-corrected chi connectivity index (χ1v) is 9.99. The molecule has 1 aromatic heterocycles. The number of amides is 2. The largest absolute Gasteiger partial charge is 0.354 e. The van der Waals surface area contributed by atoms with Gasteiger partial charge in [-0.25, -0.2) is 4.98 Å². The maximum Gasteiger partial charge on any atom is 0.237 e. The van der Waals surface area contributed by atoms with Gasteiger partial charge in [0.25, 0.3) is 0 Å². The van der Waals surface area contributed by atoms with Crippen molar-refractivity contribution >= 4 is 28.5 Å². The van der Waals surface area contributed by atoms with Crippen LogP contribution in [0.15, 0.2) is 54.9 Å². The van der Waals surface area contributed by atoms with Gasteiger partial charge in [0.05, 0.1) is 23.4 Å². The van der Waals surface area contributed by atoms with Crippen LogP contribution in [0.1, 0.15) is 24.8 Å². The number of rotatable bonds is 7. The lowest BCUT2D eigenvalue weighted by molar-refractivity contribution is -0.122. The lowest BCUT2D eigenvalue weighted by atomic mass is 10.2. The molecule has 1 unspecified atom stereocenters. The average Bonchev–Trinajstić information content (AvgIpc) is 3.40. The third-order valence-electron chi connectivity index (χ3n) is 5.15. The Morgan fingerprint density at radius 3 is 2.76 bits per heavy atom. The normalized spacial score (nSPS) is 16.1. The molecule has 29 heavy (non-hydrogen) atoms. The number of para-hydroxylation sites is 2. The Morgan fingerprint density at radius 1 is 1.14 bits per heavy atom. The molecule has 4 rings (SSSR count). The second-order valence-corrected chi connectivity index (χ2v) is 7.30. The van der Waals surface area contributed by atoms with Crippen molar-refractivity contribution in [3.63, 3.8) is 0 Å². The standard InChI is InChI=1S/C22H25N5O2/c28-21(11-13-24-22(29)19-5-3-12-23-19)26-17-9-7-16(8-10-17)14-27-15-25-18-4-1-2-6-20(18)27/h1-2,4,6-10,15,19,23H,3,5,11-14H2,(H,24,29)(H,26,28). The van der Waals surface area contributed by atoms with Crippen molar-refractivity contribution in [2.24, 2.45) is 0 Å².